The quantitative estimate of drug-likeness (QED) is 0.267. The van der Waals surface area contributed by atoms with Crippen LogP contribution in [0.3, 0.4) is 0 Å². The van der Waals surface area contributed by atoms with Crippen molar-refractivity contribution >= 4 is 72.7 Å². The summed E-state index contributed by atoms with van der Waals surface area (Å²) in [4.78, 5) is 0. The molecule has 0 bridgehead atoms. The summed E-state index contributed by atoms with van der Waals surface area (Å²) in [5.74, 6) is 0. The van der Waals surface area contributed by atoms with Gasteiger partial charge in [0, 0.05) is 41.2 Å². The molecule has 0 fully saturated rings. The Bertz CT molecular complexity index is 1080. The molecule has 28 heavy (non-hydrogen) atoms. The van der Waals surface area contributed by atoms with Crippen LogP contribution in [0.1, 0.15) is 12.5 Å². The predicted octanol–water partition coefficient (Wildman–Crippen LogP) is 6.04. The molecule has 0 amide bonds. The van der Waals surface area contributed by atoms with Crippen molar-refractivity contribution in [3.8, 4) is 0 Å². The number of benzene rings is 3. The minimum absolute atomic E-state index is 0.484. The molecule has 144 valence electrons. The summed E-state index contributed by atoms with van der Waals surface area (Å²) in [6.07, 6.45) is 0.492. The van der Waals surface area contributed by atoms with E-state index in [1.165, 1.54) is 34.5 Å². The fraction of sp³-hybridized carbons (Fsp3) is 0.217. The maximum Gasteiger partial charge on any atom is 0.0891 e. The number of halogens is 2. The van der Waals surface area contributed by atoms with Gasteiger partial charge in [-0.15, -0.1) is 0 Å². The highest BCUT2D eigenvalue weighted by atomic mass is 127. The van der Waals surface area contributed by atoms with Crippen molar-refractivity contribution in [2.75, 3.05) is 11.9 Å². The zero-order valence-corrected chi connectivity index (χ0v) is 19.9. The van der Waals surface area contributed by atoms with Gasteiger partial charge >= 0.3 is 0 Å². The molecule has 0 radical (unpaired) electrons. The second-order valence-corrected chi connectivity index (χ2v) is 9.47. The Morgan fingerprint density at radius 1 is 0.929 bits per heavy atom. The van der Waals surface area contributed by atoms with Crippen molar-refractivity contribution < 1.29 is 5.11 Å². The van der Waals surface area contributed by atoms with Gasteiger partial charge in [-0.2, -0.15) is 0 Å². The van der Waals surface area contributed by atoms with Gasteiger partial charge in [-0.25, -0.2) is 0 Å². The number of aliphatic hydroxyl groups is 1. The van der Waals surface area contributed by atoms with E-state index in [4.69, 9.17) is 0 Å². The summed E-state index contributed by atoms with van der Waals surface area (Å²) in [7, 11) is 0. The number of nitrogens with one attached hydrogen (secondary N) is 1. The van der Waals surface area contributed by atoms with Gasteiger partial charge < -0.3 is 15.0 Å². The minimum Gasteiger partial charge on any atom is -0.389 e. The number of anilines is 1. The Morgan fingerprint density at radius 2 is 1.54 bits per heavy atom. The summed E-state index contributed by atoms with van der Waals surface area (Å²) in [6.45, 7) is 3.23. The Labute approximate surface area is 192 Å². The lowest BCUT2D eigenvalue weighted by atomic mass is 10.1. The lowest BCUT2D eigenvalue weighted by Gasteiger charge is -2.17. The Morgan fingerprint density at radius 3 is 2.14 bits per heavy atom. The van der Waals surface area contributed by atoms with Crippen LogP contribution in [-0.2, 0) is 13.0 Å². The smallest absolute Gasteiger partial charge is 0.0891 e. The monoisotopic (exact) mass is 596 g/mol. The lowest BCUT2D eigenvalue weighted by molar-refractivity contribution is 0.169. The highest BCUT2D eigenvalue weighted by molar-refractivity contribution is 14.1. The Kier molecular flexibility index (Phi) is 6.13. The fourth-order valence-corrected chi connectivity index (χ4v) is 4.73. The van der Waals surface area contributed by atoms with E-state index in [-0.39, 0.29) is 0 Å². The van der Waals surface area contributed by atoms with Gasteiger partial charge in [0.25, 0.3) is 0 Å². The van der Waals surface area contributed by atoms with Crippen LogP contribution in [0, 0.1) is 7.14 Å². The molecule has 4 aromatic rings. The van der Waals surface area contributed by atoms with Gasteiger partial charge in [0.15, 0.2) is 0 Å². The summed E-state index contributed by atoms with van der Waals surface area (Å²) in [6, 6.07) is 21.3. The van der Waals surface area contributed by atoms with Crippen molar-refractivity contribution in [2.45, 2.75) is 26.0 Å². The zero-order valence-electron chi connectivity index (χ0n) is 15.6. The maximum absolute atomic E-state index is 10.8. The molecule has 3 nitrogen and oxygen atoms in total. The van der Waals surface area contributed by atoms with E-state index in [1.807, 2.05) is 6.07 Å². The highest BCUT2D eigenvalue weighted by Crippen LogP contribution is 2.31. The number of fused-ring (bicyclic) bond motifs is 3. The van der Waals surface area contributed by atoms with E-state index in [9.17, 15) is 5.11 Å². The fourth-order valence-electron chi connectivity index (χ4n) is 3.75. The van der Waals surface area contributed by atoms with Crippen LogP contribution in [0.25, 0.3) is 21.8 Å². The number of aromatic nitrogens is 1. The van der Waals surface area contributed by atoms with Crippen LogP contribution in [0.15, 0.2) is 60.7 Å². The van der Waals surface area contributed by atoms with Crippen LogP contribution in [0.2, 0.25) is 0 Å². The second-order valence-electron chi connectivity index (χ2n) is 6.98. The van der Waals surface area contributed by atoms with E-state index in [0.717, 1.165) is 12.1 Å². The lowest BCUT2D eigenvalue weighted by Crippen LogP contribution is -2.25. The van der Waals surface area contributed by atoms with E-state index in [1.54, 1.807) is 0 Å². The van der Waals surface area contributed by atoms with Crippen LogP contribution in [0.5, 0.6) is 0 Å². The molecule has 5 heteroatoms. The molecule has 1 aromatic heterocycles. The van der Waals surface area contributed by atoms with E-state index in [2.05, 4.69) is 117 Å². The average Bonchev–Trinajstić information content (AvgIpc) is 2.98. The first kappa shape index (κ1) is 20.0. The van der Waals surface area contributed by atoms with Crippen molar-refractivity contribution in [3.63, 3.8) is 0 Å². The Hall–Kier alpha value is -1.32. The van der Waals surface area contributed by atoms with Gasteiger partial charge in [0.2, 0.25) is 0 Å². The SMILES string of the molecule is CCc1ccccc1NC[C@@H](O)Cn1c2ccc(I)cc2c2cc(I)ccc21. The Balaban J connectivity index is 1.63. The molecule has 1 heterocycles. The number of aryl methyl sites for hydroxylation is 1. The van der Waals surface area contributed by atoms with Gasteiger partial charge in [-0.1, -0.05) is 25.1 Å². The summed E-state index contributed by atoms with van der Waals surface area (Å²) < 4.78 is 4.69. The van der Waals surface area contributed by atoms with Crippen molar-refractivity contribution in [1.82, 2.24) is 4.57 Å². The molecule has 0 saturated heterocycles. The first-order valence-corrected chi connectivity index (χ1v) is 11.6. The summed E-state index contributed by atoms with van der Waals surface area (Å²) in [5.41, 5.74) is 4.72. The first-order valence-electron chi connectivity index (χ1n) is 9.43. The molecule has 0 aliphatic carbocycles. The summed E-state index contributed by atoms with van der Waals surface area (Å²) in [5, 5.41) is 16.7. The summed E-state index contributed by atoms with van der Waals surface area (Å²) >= 11 is 4.72. The van der Waals surface area contributed by atoms with Gasteiger partial charge in [-0.3, -0.25) is 0 Å². The average molecular weight is 596 g/mol. The molecule has 0 unspecified atom stereocenters. The minimum atomic E-state index is -0.484. The van der Waals surface area contributed by atoms with E-state index < -0.39 is 6.10 Å². The van der Waals surface area contributed by atoms with Crippen LogP contribution in [0.4, 0.5) is 5.69 Å². The van der Waals surface area contributed by atoms with Crippen LogP contribution in [-0.4, -0.2) is 22.3 Å². The number of aliphatic hydroxyl groups excluding tert-OH is 1. The van der Waals surface area contributed by atoms with Crippen molar-refractivity contribution in [3.05, 3.63) is 73.4 Å². The molecule has 0 aliphatic heterocycles. The molecule has 0 saturated carbocycles. The molecule has 0 aliphatic rings. The number of rotatable bonds is 6. The predicted molar refractivity (Wildman–Crippen MR) is 135 cm³/mol. The highest BCUT2D eigenvalue weighted by Gasteiger charge is 2.15. The van der Waals surface area contributed by atoms with Crippen LogP contribution >= 0.6 is 45.2 Å². The number of hydrogen-bond donors (Lipinski definition) is 2. The normalized spacial score (nSPS) is 12.6. The topological polar surface area (TPSA) is 37.2 Å². The first-order chi connectivity index (χ1) is 13.6. The zero-order chi connectivity index (χ0) is 19.7. The molecule has 1 atom stereocenters. The molecule has 4 rings (SSSR count). The molecular weight excluding hydrogens is 574 g/mol. The third-order valence-electron chi connectivity index (χ3n) is 5.11. The van der Waals surface area contributed by atoms with Crippen molar-refractivity contribution in [1.29, 1.82) is 0 Å². The maximum atomic E-state index is 10.8. The number of nitrogens with zero attached hydrogens (tertiary/aromatic N) is 1. The van der Waals surface area contributed by atoms with Gasteiger partial charge in [0.1, 0.15) is 0 Å². The number of para-hydroxylation sites is 1. The molecule has 0 spiro atoms. The third-order valence-corrected chi connectivity index (χ3v) is 6.45. The van der Waals surface area contributed by atoms with Crippen LogP contribution < -0.4 is 5.32 Å². The molecule has 2 N–H and O–H groups in total. The molecular formula is C23H22I2N2O. The van der Waals surface area contributed by atoms with E-state index in [0.29, 0.717) is 13.1 Å². The number of hydrogen-bond acceptors (Lipinski definition) is 2. The second kappa shape index (κ2) is 8.59. The van der Waals surface area contributed by atoms with Crippen molar-refractivity contribution in [2.24, 2.45) is 0 Å². The largest absolute Gasteiger partial charge is 0.389 e. The molecule has 3 aromatic carbocycles. The third kappa shape index (κ3) is 4.02. The standard InChI is InChI=1S/C23H22I2N2O/c1-2-15-5-3-4-6-21(15)26-13-18(28)14-27-22-9-7-16(24)11-19(22)20-12-17(25)8-10-23(20)27/h3-12,18,26,28H,2,13-14H2,1H3/t18-/m1/s1. The van der Waals surface area contributed by atoms with E-state index >= 15 is 0 Å². The van der Waals surface area contributed by atoms with Gasteiger partial charge in [0.05, 0.1) is 12.6 Å². The van der Waals surface area contributed by atoms with Gasteiger partial charge in [-0.05, 0) is 99.6 Å².